The van der Waals surface area contributed by atoms with Crippen molar-refractivity contribution in [3.8, 4) is 0 Å². The Hall–Kier alpha value is -2.53. The molecule has 0 radical (unpaired) electrons. The highest BCUT2D eigenvalue weighted by molar-refractivity contribution is 6.30. The Labute approximate surface area is 152 Å². The van der Waals surface area contributed by atoms with Crippen LogP contribution in [-0.2, 0) is 0 Å². The molecule has 2 aromatic rings. The van der Waals surface area contributed by atoms with Gasteiger partial charge in [0, 0.05) is 43.4 Å². The molecule has 1 saturated heterocycles. The highest BCUT2D eigenvalue weighted by Crippen LogP contribution is 2.21. The summed E-state index contributed by atoms with van der Waals surface area (Å²) >= 11 is 6.06. The Morgan fingerprint density at radius 2 is 2.04 bits per heavy atom. The van der Waals surface area contributed by atoms with Crippen LogP contribution >= 0.6 is 11.6 Å². The van der Waals surface area contributed by atoms with Gasteiger partial charge in [0.15, 0.2) is 0 Å². The number of aromatic nitrogens is 1. The first-order chi connectivity index (χ1) is 12.2. The molecule has 0 aliphatic carbocycles. The zero-order valence-electron chi connectivity index (χ0n) is 14.0. The molecule has 1 aromatic heterocycles. The molecule has 0 saturated carbocycles. The molecule has 1 aliphatic heterocycles. The van der Waals surface area contributed by atoms with Gasteiger partial charge in [-0.3, -0.25) is 4.79 Å². The molecule has 1 aliphatic rings. The maximum Gasteiger partial charge on any atom is 0.272 e. The number of halogens is 1. The standard InChI is InChI=1S/C19H21ClN4O/c1-2-8-21-16-6-7-18(22-14-16)19(25)24-11-9-23(10-12-24)17-5-3-4-15(20)13-17/h2-7,13-14,21H,1,8-12H2. The molecule has 1 amide bonds. The van der Waals surface area contributed by atoms with E-state index in [-0.39, 0.29) is 5.91 Å². The van der Waals surface area contributed by atoms with Gasteiger partial charge in [-0.15, -0.1) is 6.58 Å². The summed E-state index contributed by atoms with van der Waals surface area (Å²) in [6.07, 6.45) is 3.46. The van der Waals surface area contributed by atoms with Crippen molar-refractivity contribution in [2.24, 2.45) is 0 Å². The van der Waals surface area contributed by atoms with Crippen molar-refractivity contribution >= 4 is 28.9 Å². The van der Waals surface area contributed by atoms with E-state index >= 15 is 0 Å². The highest BCUT2D eigenvalue weighted by Gasteiger charge is 2.23. The zero-order valence-corrected chi connectivity index (χ0v) is 14.7. The second-order valence-corrected chi connectivity index (χ2v) is 6.30. The fourth-order valence-electron chi connectivity index (χ4n) is 2.82. The van der Waals surface area contributed by atoms with E-state index in [0.717, 1.165) is 29.5 Å². The molecule has 5 nitrogen and oxygen atoms in total. The summed E-state index contributed by atoms with van der Waals surface area (Å²) in [6, 6.07) is 11.4. The number of rotatable bonds is 5. The zero-order chi connectivity index (χ0) is 17.6. The molecule has 0 spiro atoms. The fraction of sp³-hybridized carbons (Fsp3) is 0.263. The van der Waals surface area contributed by atoms with Crippen LogP contribution in [0.25, 0.3) is 0 Å². The van der Waals surface area contributed by atoms with E-state index in [2.05, 4.69) is 21.8 Å². The van der Waals surface area contributed by atoms with E-state index < -0.39 is 0 Å². The summed E-state index contributed by atoms with van der Waals surface area (Å²) in [5.41, 5.74) is 2.44. The minimum absolute atomic E-state index is 0.0268. The van der Waals surface area contributed by atoms with Crippen molar-refractivity contribution in [3.63, 3.8) is 0 Å². The van der Waals surface area contributed by atoms with Crippen LogP contribution < -0.4 is 10.2 Å². The quantitative estimate of drug-likeness (QED) is 0.835. The molecule has 3 rings (SSSR count). The van der Waals surface area contributed by atoms with Gasteiger partial charge in [0.25, 0.3) is 5.91 Å². The van der Waals surface area contributed by atoms with E-state index in [1.807, 2.05) is 35.2 Å². The molecule has 130 valence electrons. The van der Waals surface area contributed by atoms with Gasteiger partial charge < -0.3 is 15.1 Å². The molecule has 25 heavy (non-hydrogen) atoms. The minimum atomic E-state index is -0.0268. The number of hydrogen-bond donors (Lipinski definition) is 1. The van der Waals surface area contributed by atoms with Crippen molar-refractivity contribution in [3.05, 3.63) is 66.0 Å². The number of carbonyl (C=O) groups is 1. The normalized spacial score (nSPS) is 14.3. The Bertz CT molecular complexity index is 739. The maximum absolute atomic E-state index is 12.6. The maximum atomic E-state index is 12.6. The number of amides is 1. The first-order valence-electron chi connectivity index (χ1n) is 8.28. The Morgan fingerprint density at radius 1 is 1.24 bits per heavy atom. The minimum Gasteiger partial charge on any atom is -0.380 e. The van der Waals surface area contributed by atoms with E-state index in [4.69, 9.17) is 11.6 Å². The molecule has 6 heteroatoms. The average Bonchev–Trinajstić information content (AvgIpc) is 2.66. The lowest BCUT2D eigenvalue weighted by molar-refractivity contribution is 0.0741. The van der Waals surface area contributed by atoms with Gasteiger partial charge in [-0.1, -0.05) is 23.7 Å². The largest absolute Gasteiger partial charge is 0.380 e. The fourth-order valence-corrected chi connectivity index (χ4v) is 3.00. The number of piperazine rings is 1. The lowest BCUT2D eigenvalue weighted by Crippen LogP contribution is -2.49. The molecule has 1 N–H and O–H groups in total. The first kappa shape index (κ1) is 17.3. The van der Waals surface area contributed by atoms with Crippen LogP contribution in [0.2, 0.25) is 5.02 Å². The van der Waals surface area contributed by atoms with Gasteiger partial charge in [0.05, 0.1) is 11.9 Å². The number of anilines is 2. The monoisotopic (exact) mass is 356 g/mol. The third kappa shape index (κ3) is 4.31. The molecule has 2 heterocycles. The van der Waals surface area contributed by atoms with E-state index in [9.17, 15) is 4.79 Å². The molecular formula is C19H21ClN4O. The van der Waals surface area contributed by atoms with Crippen molar-refractivity contribution < 1.29 is 4.79 Å². The molecule has 1 aromatic carbocycles. The smallest absolute Gasteiger partial charge is 0.272 e. The predicted octanol–water partition coefficient (Wildman–Crippen LogP) is 3.30. The SMILES string of the molecule is C=CCNc1ccc(C(=O)N2CCN(c3cccc(Cl)c3)CC2)nc1. The Kier molecular flexibility index (Phi) is 5.56. The van der Waals surface area contributed by atoms with Crippen LogP contribution in [0, 0.1) is 0 Å². The van der Waals surface area contributed by atoms with E-state index in [1.54, 1.807) is 18.3 Å². The van der Waals surface area contributed by atoms with Crippen molar-refractivity contribution in [1.82, 2.24) is 9.88 Å². The second kappa shape index (κ2) is 8.03. The third-order valence-corrected chi connectivity index (χ3v) is 4.41. The van der Waals surface area contributed by atoms with Crippen LogP contribution in [0.1, 0.15) is 10.5 Å². The second-order valence-electron chi connectivity index (χ2n) is 5.86. The Morgan fingerprint density at radius 3 is 2.68 bits per heavy atom. The van der Waals surface area contributed by atoms with Crippen LogP contribution in [0.5, 0.6) is 0 Å². The summed E-state index contributed by atoms with van der Waals surface area (Å²) in [6.45, 7) is 7.23. The van der Waals surface area contributed by atoms with Crippen molar-refractivity contribution in [2.75, 3.05) is 42.9 Å². The van der Waals surface area contributed by atoms with Crippen LogP contribution in [0.3, 0.4) is 0 Å². The number of nitrogens with one attached hydrogen (secondary N) is 1. The van der Waals surface area contributed by atoms with E-state index in [1.165, 1.54) is 0 Å². The summed E-state index contributed by atoms with van der Waals surface area (Å²) in [5, 5.41) is 3.87. The van der Waals surface area contributed by atoms with Gasteiger partial charge in [0.1, 0.15) is 5.69 Å². The van der Waals surface area contributed by atoms with Gasteiger partial charge in [0.2, 0.25) is 0 Å². The lowest BCUT2D eigenvalue weighted by Gasteiger charge is -2.36. The number of nitrogens with zero attached hydrogens (tertiary/aromatic N) is 3. The van der Waals surface area contributed by atoms with Crippen LogP contribution in [-0.4, -0.2) is 48.5 Å². The number of carbonyl (C=O) groups excluding carboxylic acids is 1. The molecule has 0 bridgehead atoms. The first-order valence-corrected chi connectivity index (χ1v) is 8.66. The topological polar surface area (TPSA) is 48.5 Å². The van der Waals surface area contributed by atoms with Gasteiger partial charge in [-0.25, -0.2) is 4.98 Å². The van der Waals surface area contributed by atoms with E-state index in [0.29, 0.717) is 25.3 Å². The lowest BCUT2D eigenvalue weighted by atomic mass is 10.2. The van der Waals surface area contributed by atoms with Crippen molar-refractivity contribution in [1.29, 1.82) is 0 Å². The van der Waals surface area contributed by atoms with Crippen LogP contribution in [0.15, 0.2) is 55.3 Å². The molecule has 1 fully saturated rings. The van der Waals surface area contributed by atoms with Crippen molar-refractivity contribution in [2.45, 2.75) is 0 Å². The Balaban J connectivity index is 1.58. The summed E-state index contributed by atoms with van der Waals surface area (Å²) in [4.78, 5) is 21.0. The number of hydrogen-bond acceptors (Lipinski definition) is 4. The van der Waals surface area contributed by atoms with Gasteiger partial charge >= 0.3 is 0 Å². The number of benzene rings is 1. The van der Waals surface area contributed by atoms with Crippen LogP contribution in [0.4, 0.5) is 11.4 Å². The summed E-state index contributed by atoms with van der Waals surface area (Å²) in [7, 11) is 0. The number of pyridine rings is 1. The highest BCUT2D eigenvalue weighted by atomic mass is 35.5. The predicted molar refractivity (Wildman–Crippen MR) is 102 cm³/mol. The summed E-state index contributed by atoms with van der Waals surface area (Å²) in [5.74, 6) is -0.0268. The summed E-state index contributed by atoms with van der Waals surface area (Å²) < 4.78 is 0. The third-order valence-electron chi connectivity index (χ3n) is 4.17. The average molecular weight is 357 g/mol. The molecule has 0 atom stereocenters. The van der Waals surface area contributed by atoms with Gasteiger partial charge in [-0.05, 0) is 30.3 Å². The molecular weight excluding hydrogens is 336 g/mol. The molecule has 0 unspecified atom stereocenters. The van der Waals surface area contributed by atoms with Gasteiger partial charge in [-0.2, -0.15) is 0 Å².